The molecule has 36 heavy (non-hydrogen) atoms. The molecule has 0 saturated carbocycles. The molecule has 10 nitrogen and oxygen atoms in total. The van der Waals surface area contributed by atoms with Crippen LogP contribution in [0.15, 0.2) is 49.1 Å². The van der Waals surface area contributed by atoms with Gasteiger partial charge in [0.05, 0.1) is 37.2 Å². The van der Waals surface area contributed by atoms with E-state index in [-0.39, 0.29) is 31.1 Å². The number of benzene rings is 1. The smallest absolute Gasteiger partial charge is 0.245 e. The summed E-state index contributed by atoms with van der Waals surface area (Å²) in [5.41, 5.74) is 2.20. The molecule has 0 unspecified atom stereocenters. The van der Waals surface area contributed by atoms with Crippen LogP contribution in [0.5, 0.6) is 0 Å². The Bertz CT molecular complexity index is 1370. The van der Waals surface area contributed by atoms with Crippen molar-refractivity contribution in [1.29, 1.82) is 0 Å². The third-order valence-electron chi connectivity index (χ3n) is 7.14. The molecule has 0 amide bonds. The van der Waals surface area contributed by atoms with E-state index in [0.29, 0.717) is 23.3 Å². The molecule has 0 radical (unpaired) electrons. The van der Waals surface area contributed by atoms with Crippen molar-refractivity contribution < 1.29 is 14.6 Å². The van der Waals surface area contributed by atoms with Gasteiger partial charge in [0.2, 0.25) is 5.95 Å². The molecule has 0 aliphatic carbocycles. The van der Waals surface area contributed by atoms with Crippen LogP contribution in [0, 0.1) is 5.82 Å². The zero-order valence-electron chi connectivity index (χ0n) is 19.8. The largest absolute Gasteiger partial charge is 0.394 e. The van der Waals surface area contributed by atoms with E-state index >= 15 is 0 Å². The van der Waals surface area contributed by atoms with Gasteiger partial charge in [0, 0.05) is 25.0 Å². The van der Waals surface area contributed by atoms with E-state index < -0.39 is 0 Å². The predicted octanol–water partition coefficient (Wildman–Crippen LogP) is 2.72. The van der Waals surface area contributed by atoms with E-state index in [0.717, 1.165) is 50.0 Å². The summed E-state index contributed by atoms with van der Waals surface area (Å²) in [6.07, 6.45) is 9.05. The number of hydrogen-bond acceptors (Lipinski definition) is 8. The van der Waals surface area contributed by atoms with Gasteiger partial charge in [0.15, 0.2) is 5.82 Å². The molecule has 188 valence electrons. The van der Waals surface area contributed by atoms with Crippen molar-refractivity contribution in [2.75, 3.05) is 41.4 Å². The summed E-state index contributed by atoms with van der Waals surface area (Å²) in [4.78, 5) is 13.3. The molecule has 2 aliphatic rings. The lowest BCUT2D eigenvalue weighted by molar-refractivity contribution is 0.265. The third kappa shape index (κ3) is 4.14. The van der Waals surface area contributed by atoms with Crippen LogP contribution in [-0.2, 0) is 0 Å². The van der Waals surface area contributed by atoms with Gasteiger partial charge in [-0.15, -0.1) is 5.10 Å². The number of nitrogens with one attached hydrogen (secondary N) is 1. The van der Waals surface area contributed by atoms with Gasteiger partial charge in [-0.25, -0.2) is 13.9 Å². The van der Waals surface area contributed by atoms with Crippen LogP contribution in [-0.4, -0.2) is 72.7 Å². The molecule has 2 saturated heterocycles. The predicted molar refractivity (Wildman–Crippen MR) is 135 cm³/mol. The zero-order chi connectivity index (χ0) is 24.6. The Hall–Kier alpha value is -3.70. The quantitative estimate of drug-likeness (QED) is 0.362. The summed E-state index contributed by atoms with van der Waals surface area (Å²) in [5, 5.41) is 27.4. The molecular formula is C25H29FN8O2. The lowest BCUT2D eigenvalue weighted by Crippen LogP contribution is -2.34. The highest BCUT2D eigenvalue weighted by Gasteiger charge is 2.27. The van der Waals surface area contributed by atoms with Crippen molar-refractivity contribution in [3.63, 3.8) is 0 Å². The van der Waals surface area contributed by atoms with E-state index in [9.17, 15) is 14.6 Å². The second-order valence-electron chi connectivity index (χ2n) is 9.40. The molecular weight excluding hydrogens is 463 g/mol. The Morgan fingerprint density at radius 3 is 2.56 bits per heavy atom. The van der Waals surface area contributed by atoms with Crippen molar-refractivity contribution in [2.24, 2.45) is 0 Å². The van der Waals surface area contributed by atoms with E-state index in [4.69, 9.17) is 4.98 Å². The van der Waals surface area contributed by atoms with E-state index in [1.165, 1.54) is 12.1 Å². The highest BCUT2D eigenvalue weighted by molar-refractivity contribution is 5.73. The highest BCUT2D eigenvalue weighted by atomic mass is 19.1. The first-order valence-electron chi connectivity index (χ1n) is 12.4. The number of hydrogen-bond donors (Lipinski definition) is 3. The molecule has 6 rings (SSSR count). The number of aliphatic hydroxyl groups excluding tert-OH is 2. The number of aliphatic hydroxyl groups is 2. The number of fused-ring (bicyclic) bond motifs is 1. The molecule has 1 aromatic carbocycles. The number of imidazole rings is 1. The fourth-order valence-electron chi connectivity index (χ4n) is 5.31. The van der Waals surface area contributed by atoms with Crippen LogP contribution < -0.4 is 15.1 Å². The van der Waals surface area contributed by atoms with Crippen LogP contribution in [0.25, 0.3) is 11.2 Å². The summed E-state index contributed by atoms with van der Waals surface area (Å²) in [6, 6.07) is 8.73. The van der Waals surface area contributed by atoms with Crippen LogP contribution >= 0.6 is 0 Å². The maximum Gasteiger partial charge on any atom is 0.245 e. The first-order valence-corrected chi connectivity index (χ1v) is 12.4. The summed E-state index contributed by atoms with van der Waals surface area (Å²) in [6.45, 7) is 1.70. The van der Waals surface area contributed by atoms with Crippen LogP contribution in [0.3, 0.4) is 0 Å². The fourth-order valence-corrected chi connectivity index (χ4v) is 5.31. The Balaban J connectivity index is 1.29. The first kappa shape index (κ1) is 22.7. The lowest BCUT2D eigenvalue weighted by Gasteiger charge is -2.25. The third-order valence-corrected chi connectivity index (χ3v) is 7.14. The van der Waals surface area contributed by atoms with E-state index in [1.807, 2.05) is 29.3 Å². The number of aromatic nitrogens is 5. The highest BCUT2D eigenvalue weighted by Crippen LogP contribution is 2.30. The van der Waals surface area contributed by atoms with Gasteiger partial charge < -0.3 is 29.9 Å². The normalized spacial score (nSPS) is 20.1. The molecule has 4 aromatic rings. The number of anilines is 4. The van der Waals surface area contributed by atoms with Gasteiger partial charge in [0.1, 0.15) is 23.5 Å². The Morgan fingerprint density at radius 1 is 1.00 bits per heavy atom. The molecule has 2 aliphatic heterocycles. The average Bonchev–Trinajstić information content (AvgIpc) is 3.69. The first-order chi connectivity index (χ1) is 17.6. The van der Waals surface area contributed by atoms with Crippen LogP contribution in [0.2, 0.25) is 0 Å². The average molecular weight is 493 g/mol. The van der Waals surface area contributed by atoms with Crippen LogP contribution in [0.4, 0.5) is 27.7 Å². The number of nitrogens with zero attached hydrogens (tertiary/aromatic N) is 7. The van der Waals surface area contributed by atoms with Gasteiger partial charge >= 0.3 is 0 Å². The molecule has 0 spiro atoms. The second kappa shape index (κ2) is 9.40. The van der Waals surface area contributed by atoms with Crippen molar-refractivity contribution >= 4 is 28.8 Å². The van der Waals surface area contributed by atoms with Gasteiger partial charge in [0.25, 0.3) is 0 Å². The molecule has 3 aromatic heterocycles. The Kier molecular flexibility index (Phi) is 5.94. The summed E-state index contributed by atoms with van der Waals surface area (Å²) in [5.74, 6) is 1.37. The second-order valence-corrected chi connectivity index (χ2v) is 9.40. The maximum absolute atomic E-state index is 14.6. The minimum absolute atomic E-state index is 0.00767. The Morgan fingerprint density at radius 2 is 1.75 bits per heavy atom. The minimum atomic E-state index is -0.339. The summed E-state index contributed by atoms with van der Waals surface area (Å²) >= 11 is 0. The fraction of sp³-hybridized carbons (Fsp3) is 0.400. The maximum atomic E-state index is 14.6. The van der Waals surface area contributed by atoms with Gasteiger partial charge in [-0.2, -0.15) is 4.98 Å². The SMILES string of the molecule is OC[C@@H]1CCCN1c1cc(F)cc(-n2cnc(Nc3nc(N4CCC[C@H]4CO)nn4cccc34)c2)c1. The molecule has 5 heterocycles. The van der Waals surface area contributed by atoms with Crippen LogP contribution in [0.1, 0.15) is 25.7 Å². The van der Waals surface area contributed by atoms with Crippen molar-refractivity contribution in [2.45, 2.75) is 37.8 Å². The van der Waals surface area contributed by atoms with Gasteiger partial charge in [-0.1, -0.05) is 0 Å². The number of halogens is 1. The molecule has 3 N–H and O–H groups in total. The molecule has 11 heteroatoms. The van der Waals surface area contributed by atoms with Crippen molar-refractivity contribution in [3.8, 4) is 5.69 Å². The van der Waals surface area contributed by atoms with Gasteiger partial charge in [-0.3, -0.25) is 0 Å². The molecule has 2 fully saturated rings. The summed E-state index contributed by atoms with van der Waals surface area (Å²) in [7, 11) is 0. The lowest BCUT2D eigenvalue weighted by atomic mass is 10.2. The van der Waals surface area contributed by atoms with E-state index in [2.05, 4.69) is 20.3 Å². The Labute approximate surface area is 207 Å². The zero-order valence-corrected chi connectivity index (χ0v) is 19.8. The minimum Gasteiger partial charge on any atom is -0.394 e. The standard InChI is InChI=1S/C25H29FN8O2/c26-17-10-20(12-21(11-17)32-7-1-4-18(32)14-35)31-13-23(27-16-31)28-24-22-6-3-9-34(22)30-25(29-24)33-8-2-5-19(33)15-36/h3,6,9-13,16,18-19,35-36H,1-2,4-5,7-8,14-15H2,(H,28,29,30)/t18-,19-/m0/s1. The van der Waals surface area contributed by atoms with Gasteiger partial charge in [-0.05, 0) is 56.0 Å². The molecule has 2 atom stereocenters. The van der Waals surface area contributed by atoms with Crippen molar-refractivity contribution in [1.82, 2.24) is 24.1 Å². The van der Waals surface area contributed by atoms with E-state index in [1.54, 1.807) is 21.6 Å². The number of rotatable bonds is 7. The van der Waals surface area contributed by atoms with Crippen molar-refractivity contribution in [3.05, 3.63) is 54.9 Å². The monoisotopic (exact) mass is 492 g/mol. The summed E-state index contributed by atoms with van der Waals surface area (Å²) < 4.78 is 18.1. The topological polar surface area (TPSA) is 107 Å². The molecule has 0 bridgehead atoms.